The molecule has 2 rings (SSSR count). The van der Waals surface area contributed by atoms with E-state index in [1.54, 1.807) is 24.3 Å². The second-order valence-corrected chi connectivity index (χ2v) is 5.51. The molecule has 0 aromatic heterocycles. The first kappa shape index (κ1) is 15.9. The summed E-state index contributed by atoms with van der Waals surface area (Å²) in [6, 6.07) is 8.98. The molecular weight excluding hydrogens is 281 g/mol. The van der Waals surface area contributed by atoms with E-state index in [1.807, 2.05) is 6.07 Å². The lowest BCUT2D eigenvalue weighted by Gasteiger charge is -2.29. The van der Waals surface area contributed by atoms with E-state index in [4.69, 9.17) is 0 Å². The zero-order valence-electron chi connectivity index (χ0n) is 11.7. The van der Waals surface area contributed by atoms with Crippen LogP contribution in [0.3, 0.4) is 0 Å². The molecule has 0 amide bonds. The summed E-state index contributed by atoms with van der Waals surface area (Å²) in [5.74, 6) is -1.28. The van der Waals surface area contributed by atoms with Crippen molar-refractivity contribution in [2.45, 2.75) is 44.2 Å². The Kier molecular flexibility index (Phi) is 5.26. The Labute approximate surface area is 122 Å². The van der Waals surface area contributed by atoms with Gasteiger partial charge in [-0.15, -0.1) is 0 Å². The molecule has 0 radical (unpaired) electrons. The van der Waals surface area contributed by atoms with Crippen LogP contribution in [0.5, 0.6) is 0 Å². The molecule has 1 unspecified atom stereocenters. The van der Waals surface area contributed by atoms with Gasteiger partial charge in [-0.1, -0.05) is 49.6 Å². The summed E-state index contributed by atoms with van der Waals surface area (Å²) >= 11 is 0. The van der Waals surface area contributed by atoms with Gasteiger partial charge in [0, 0.05) is 0 Å². The molecule has 1 aromatic rings. The van der Waals surface area contributed by atoms with Gasteiger partial charge in [-0.3, -0.25) is 4.79 Å². The summed E-state index contributed by atoms with van der Waals surface area (Å²) in [6.45, 7) is -1.51. The van der Waals surface area contributed by atoms with Gasteiger partial charge in [0.15, 0.2) is 6.61 Å². The van der Waals surface area contributed by atoms with Crippen molar-refractivity contribution in [3.63, 3.8) is 0 Å². The van der Waals surface area contributed by atoms with Crippen LogP contribution in [0.15, 0.2) is 30.3 Å². The lowest BCUT2D eigenvalue weighted by atomic mass is 9.77. The Balaban J connectivity index is 2.13. The monoisotopic (exact) mass is 300 g/mol. The fourth-order valence-electron chi connectivity index (χ4n) is 2.97. The van der Waals surface area contributed by atoms with Crippen LogP contribution in [0.4, 0.5) is 13.2 Å². The molecule has 0 bridgehead atoms. The highest BCUT2D eigenvalue weighted by Crippen LogP contribution is 2.37. The smallest absolute Gasteiger partial charge is 0.422 e. The Morgan fingerprint density at radius 2 is 1.76 bits per heavy atom. The average Bonchev–Trinajstić information content (AvgIpc) is 2.47. The lowest BCUT2D eigenvalue weighted by molar-refractivity contribution is -0.188. The maximum absolute atomic E-state index is 12.2. The van der Waals surface area contributed by atoms with Gasteiger partial charge in [-0.2, -0.15) is 13.2 Å². The molecule has 0 heterocycles. The first-order valence-corrected chi connectivity index (χ1v) is 7.26. The number of carbonyl (C=O) groups excluding carboxylic acids is 1. The summed E-state index contributed by atoms with van der Waals surface area (Å²) in [7, 11) is 0. The van der Waals surface area contributed by atoms with E-state index in [0.717, 1.165) is 37.7 Å². The van der Waals surface area contributed by atoms with Gasteiger partial charge in [0.25, 0.3) is 0 Å². The van der Waals surface area contributed by atoms with Gasteiger partial charge < -0.3 is 4.74 Å². The van der Waals surface area contributed by atoms with Crippen LogP contribution in [0.2, 0.25) is 0 Å². The van der Waals surface area contributed by atoms with Crippen LogP contribution in [-0.4, -0.2) is 18.8 Å². The second-order valence-electron chi connectivity index (χ2n) is 5.51. The third-order valence-corrected chi connectivity index (χ3v) is 3.91. The van der Waals surface area contributed by atoms with Crippen molar-refractivity contribution in [1.82, 2.24) is 0 Å². The minimum absolute atomic E-state index is 0.0712. The first-order valence-electron chi connectivity index (χ1n) is 7.26. The van der Waals surface area contributed by atoms with Crippen molar-refractivity contribution in [2.75, 3.05) is 6.61 Å². The number of hydrogen-bond donors (Lipinski definition) is 0. The molecule has 1 atom stereocenters. The molecule has 1 aromatic carbocycles. The molecular formula is C16H19F3O2. The highest BCUT2D eigenvalue weighted by Gasteiger charge is 2.35. The summed E-state index contributed by atoms with van der Waals surface area (Å²) in [5, 5.41) is 0. The summed E-state index contributed by atoms with van der Waals surface area (Å²) < 4.78 is 41.3. The maximum atomic E-state index is 12.2. The SMILES string of the molecule is O=C(OCC(F)(F)F)C(c1ccccc1)C1CCCCC1. The maximum Gasteiger partial charge on any atom is 0.422 e. The highest BCUT2D eigenvalue weighted by atomic mass is 19.4. The van der Waals surface area contributed by atoms with Gasteiger partial charge >= 0.3 is 12.1 Å². The Bertz CT molecular complexity index is 450. The highest BCUT2D eigenvalue weighted by molar-refractivity contribution is 5.78. The van der Waals surface area contributed by atoms with Crippen LogP contribution in [0.25, 0.3) is 0 Å². The van der Waals surface area contributed by atoms with Crippen LogP contribution in [0, 0.1) is 5.92 Å². The van der Waals surface area contributed by atoms with E-state index >= 15 is 0 Å². The molecule has 5 heteroatoms. The van der Waals surface area contributed by atoms with E-state index in [-0.39, 0.29) is 5.92 Å². The quantitative estimate of drug-likeness (QED) is 0.768. The molecule has 0 aliphatic heterocycles. The number of esters is 1. The lowest BCUT2D eigenvalue weighted by Crippen LogP contribution is -2.29. The van der Waals surface area contributed by atoms with Crippen LogP contribution >= 0.6 is 0 Å². The van der Waals surface area contributed by atoms with Gasteiger partial charge in [0.05, 0.1) is 5.92 Å². The van der Waals surface area contributed by atoms with Crippen LogP contribution < -0.4 is 0 Å². The predicted octanol–water partition coefficient (Wildman–Crippen LogP) is 4.46. The molecule has 0 saturated heterocycles. The molecule has 21 heavy (non-hydrogen) atoms. The fraction of sp³-hybridized carbons (Fsp3) is 0.562. The predicted molar refractivity (Wildman–Crippen MR) is 72.8 cm³/mol. The molecule has 0 N–H and O–H groups in total. The standard InChI is InChI=1S/C16H19F3O2/c17-16(18,19)11-21-15(20)14(12-7-3-1-4-8-12)13-9-5-2-6-10-13/h1,3-4,7-8,13-14H,2,5-6,9-11H2. The normalized spacial score (nSPS) is 18.2. The number of alkyl halides is 3. The molecule has 1 saturated carbocycles. The molecule has 116 valence electrons. The number of benzene rings is 1. The number of hydrogen-bond acceptors (Lipinski definition) is 2. The van der Waals surface area contributed by atoms with E-state index in [2.05, 4.69) is 4.74 Å². The Morgan fingerprint density at radius 3 is 2.33 bits per heavy atom. The minimum Gasteiger partial charge on any atom is -0.456 e. The van der Waals surface area contributed by atoms with Crippen molar-refractivity contribution in [3.05, 3.63) is 35.9 Å². The fourth-order valence-corrected chi connectivity index (χ4v) is 2.97. The summed E-state index contributed by atoms with van der Waals surface area (Å²) in [5.41, 5.74) is 0.747. The molecule has 1 aliphatic carbocycles. The minimum atomic E-state index is -4.48. The zero-order valence-corrected chi connectivity index (χ0v) is 11.7. The number of halogens is 3. The third-order valence-electron chi connectivity index (χ3n) is 3.91. The van der Waals surface area contributed by atoms with Crippen LogP contribution in [0.1, 0.15) is 43.6 Å². The summed E-state index contributed by atoms with van der Waals surface area (Å²) in [6.07, 6.45) is 0.390. The van der Waals surface area contributed by atoms with Crippen molar-refractivity contribution >= 4 is 5.97 Å². The molecule has 2 nitrogen and oxygen atoms in total. The van der Waals surface area contributed by atoms with E-state index in [1.165, 1.54) is 0 Å². The second kappa shape index (κ2) is 6.96. The molecule has 0 spiro atoms. The van der Waals surface area contributed by atoms with Gasteiger partial charge in [0.2, 0.25) is 0 Å². The van der Waals surface area contributed by atoms with E-state index < -0.39 is 24.7 Å². The van der Waals surface area contributed by atoms with E-state index in [9.17, 15) is 18.0 Å². The summed E-state index contributed by atoms with van der Waals surface area (Å²) in [4.78, 5) is 12.2. The zero-order chi connectivity index (χ0) is 15.3. The van der Waals surface area contributed by atoms with E-state index in [0.29, 0.717) is 0 Å². The van der Waals surface area contributed by atoms with Gasteiger partial charge in [-0.05, 0) is 24.3 Å². The van der Waals surface area contributed by atoms with Gasteiger partial charge in [-0.25, -0.2) is 0 Å². The Hall–Kier alpha value is -1.52. The Morgan fingerprint density at radius 1 is 1.14 bits per heavy atom. The number of rotatable bonds is 4. The van der Waals surface area contributed by atoms with Crippen molar-refractivity contribution < 1.29 is 22.7 Å². The third kappa shape index (κ3) is 4.76. The first-order chi connectivity index (χ1) is 9.97. The molecule has 1 fully saturated rings. The topological polar surface area (TPSA) is 26.3 Å². The largest absolute Gasteiger partial charge is 0.456 e. The average molecular weight is 300 g/mol. The number of ether oxygens (including phenoxy) is 1. The van der Waals surface area contributed by atoms with Gasteiger partial charge in [0.1, 0.15) is 0 Å². The van der Waals surface area contributed by atoms with Crippen molar-refractivity contribution in [3.8, 4) is 0 Å². The molecule has 1 aliphatic rings. The van der Waals surface area contributed by atoms with Crippen molar-refractivity contribution in [1.29, 1.82) is 0 Å². The van der Waals surface area contributed by atoms with Crippen molar-refractivity contribution in [2.24, 2.45) is 5.92 Å². The van der Waals surface area contributed by atoms with Crippen LogP contribution in [-0.2, 0) is 9.53 Å². The number of carbonyl (C=O) groups is 1.